The van der Waals surface area contributed by atoms with E-state index < -0.39 is 24.7 Å². The molecule has 4 nitrogen and oxygen atoms in total. The highest BCUT2D eigenvalue weighted by molar-refractivity contribution is 5.95. The van der Waals surface area contributed by atoms with Crippen molar-refractivity contribution in [3.63, 3.8) is 0 Å². The lowest BCUT2D eigenvalue weighted by molar-refractivity contribution is 0.0721. The number of hydrogen-bond donors (Lipinski definition) is 0. The van der Waals surface area contributed by atoms with Crippen LogP contribution in [0.25, 0.3) is 0 Å². The summed E-state index contributed by atoms with van der Waals surface area (Å²) in [5.74, 6) is -0.860. The van der Waals surface area contributed by atoms with Crippen molar-refractivity contribution < 1.29 is 18.0 Å². The van der Waals surface area contributed by atoms with Gasteiger partial charge in [-0.15, -0.1) is 0 Å². The summed E-state index contributed by atoms with van der Waals surface area (Å²) >= 11 is 0. The Bertz CT molecular complexity index is 901. The molecule has 7 heteroatoms. The van der Waals surface area contributed by atoms with E-state index in [0.29, 0.717) is 12.5 Å². The second-order valence-electron chi connectivity index (χ2n) is 7.97. The third-order valence-electron chi connectivity index (χ3n) is 5.52. The zero-order valence-electron chi connectivity index (χ0n) is 16.1. The number of amides is 1. The van der Waals surface area contributed by atoms with E-state index in [1.54, 1.807) is 4.90 Å². The van der Waals surface area contributed by atoms with E-state index in [1.807, 2.05) is 6.92 Å². The fourth-order valence-corrected chi connectivity index (χ4v) is 3.80. The Hall–Kier alpha value is -2.31. The summed E-state index contributed by atoms with van der Waals surface area (Å²) in [5.41, 5.74) is 2.94. The number of halogens is 3. The van der Waals surface area contributed by atoms with Gasteiger partial charge in [-0.25, -0.2) is 13.5 Å². The van der Waals surface area contributed by atoms with E-state index in [1.165, 1.54) is 12.6 Å². The number of aromatic nitrogens is 2. The molecule has 2 aliphatic rings. The number of alkyl halides is 2. The van der Waals surface area contributed by atoms with Crippen molar-refractivity contribution in [2.24, 2.45) is 7.05 Å². The maximum atomic E-state index is 14.6. The largest absolute Gasteiger partial charge is 0.331 e. The number of carbonyl (C=O) groups excluding carboxylic acids is 1. The maximum absolute atomic E-state index is 14.6. The molecule has 0 N–H and O–H groups in total. The van der Waals surface area contributed by atoms with Crippen LogP contribution in [0.5, 0.6) is 0 Å². The summed E-state index contributed by atoms with van der Waals surface area (Å²) in [5, 5.41) is 3.82. The molecule has 28 heavy (non-hydrogen) atoms. The molecule has 0 atom stereocenters. The lowest BCUT2D eigenvalue weighted by atomic mass is 10.00. The Kier molecular flexibility index (Phi) is 4.93. The van der Waals surface area contributed by atoms with Crippen LogP contribution in [0.1, 0.15) is 64.3 Å². The first-order valence-electron chi connectivity index (χ1n) is 9.75. The SMILES string of the molecule is Cc1ccc(C2CC2)c(CN(C(=O)c2c(CC(F)F)nn(C)c2F)C2CC2)c1. The van der Waals surface area contributed by atoms with Gasteiger partial charge in [0.2, 0.25) is 12.4 Å². The van der Waals surface area contributed by atoms with Crippen LogP contribution in [-0.2, 0) is 20.0 Å². The molecular formula is C21H24F3N3O. The Morgan fingerprint density at radius 2 is 2.00 bits per heavy atom. The summed E-state index contributed by atoms with van der Waals surface area (Å²) in [7, 11) is 1.33. The molecule has 0 unspecified atom stereocenters. The summed E-state index contributed by atoms with van der Waals surface area (Å²) in [6.07, 6.45) is 0.570. The zero-order valence-corrected chi connectivity index (χ0v) is 16.1. The fourth-order valence-electron chi connectivity index (χ4n) is 3.80. The van der Waals surface area contributed by atoms with Gasteiger partial charge < -0.3 is 4.90 Å². The fraction of sp³-hybridized carbons (Fsp3) is 0.524. The number of carbonyl (C=O) groups is 1. The first-order chi connectivity index (χ1) is 13.3. The van der Waals surface area contributed by atoms with E-state index in [4.69, 9.17) is 0 Å². The molecule has 0 saturated heterocycles. The molecule has 2 aromatic rings. The van der Waals surface area contributed by atoms with Crippen LogP contribution in [0.4, 0.5) is 13.2 Å². The Balaban J connectivity index is 1.67. The minimum atomic E-state index is -2.69. The van der Waals surface area contributed by atoms with Crippen LogP contribution in [0, 0.1) is 12.9 Å². The first kappa shape index (κ1) is 19.0. The number of nitrogens with zero attached hydrogens (tertiary/aromatic N) is 3. The molecule has 4 rings (SSSR count). The van der Waals surface area contributed by atoms with Crippen LogP contribution in [0.2, 0.25) is 0 Å². The van der Waals surface area contributed by atoms with Gasteiger partial charge in [0, 0.05) is 19.6 Å². The molecule has 0 bridgehead atoms. The quantitative estimate of drug-likeness (QED) is 0.704. The third kappa shape index (κ3) is 3.80. The van der Waals surface area contributed by atoms with E-state index in [2.05, 4.69) is 23.3 Å². The molecule has 2 fully saturated rings. The van der Waals surface area contributed by atoms with Crippen molar-refractivity contribution in [2.45, 2.75) is 64.0 Å². The van der Waals surface area contributed by atoms with Gasteiger partial charge in [0.05, 0.1) is 12.1 Å². The summed E-state index contributed by atoms with van der Waals surface area (Å²) < 4.78 is 41.3. The molecule has 1 aromatic heterocycles. The average molecular weight is 391 g/mol. The molecule has 0 spiro atoms. The second-order valence-corrected chi connectivity index (χ2v) is 7.97. The van der Waals surface area contributed by atoms with Gasteiger partial charge in [-0.2, -0.15) is 9.49 Å². The molecule has 1 aromatic carbocycles. The van der Waals surface area contributed by atoms with Gasteiger partial charge in [0.1, 0.15) is 5.56 Å². The van der Waals surface area contributed by atoms with E-state index >= 15 is 0 Å². The maximum Gasteiger partial charge on any atom is 0.260 e. The molecule has 150 valence electrons. The summed E-state index contributed by atoms with van der Waals surface area (Å²) in [6, 6.07) is 6.29. The monoisotopic (exact) mass is 391 g/mol. The number of hydrogen-bond acceptors (Lipinski definition) is 2. The second kappa shape index (κ2) is 7.26. The van der Waals surface area contributed by atoms with Gasteiger partial charge >= 0.3 is 0 Å². The Morgan fingerprint density at radius 3 is 2.61 bits per heavy atom. The first-order valence-corrected chi connectivity index (χ1v) is 9.75. The molecular weight excluding hydrogens is 367 g/mol. The van der Waals surface area contributed by atoms with Crippen molar-refractivity contribution in [1.82, 2.24) is 14.7 Å². The molecule has 1 heterocycles. The van der Waals surface area contributed by atoms with Crippen LogP contribution in [-0.4, -0.2) is 33.1 Å². The van der Waals surface area contributed by atoms with Crippen molar-refractivity contribution in [1.29, 1.82) is 0 Å². The van der Waals surface area contributed by atoms with Crippen LogP contribution in [0.15, 0.2) is 18.2 Å². The molecule has 2 aliphatic carbocycles. The van der Waals surface area contributed by atoms with Gasteiger partial charge in [-0.05, 0) is 49.7 Å². The van der Waals surface area contributed by atoms with Gasteiger partial charge in [0.25, 0.3) is 5.91 Å². The van der Waals surface area contributed by atoms with Crippen LogP contribution >= 0.6 is 0 Å². The zero-order chi connectivity index (χ0) is 20.0. The minimum Gasteiger partial charge on any atom is -0.331 e. The molecule has 1 amide bonds. The van der Waals surface area contributed by atoms with E-state index in [0.717, 1.165) is 41.5 Å². The average Bonchev–Trinajstić information content (AvgIpc) is 3.52. The lowest BCUT2D eigenvalue weighted by Gasteiger charge is -2.24. The lowest BCUT2D eigenvalue weighted by Crippen LogP contribution is -2.34. The number of benzene rings is 1. The van der Waals surface area contributed by atoms with Gasteiger partial charge in [-0.3, -0.25) is 4.79 Å². The Morgan fingerprint density at radius 1 is 1.29 bits per heavy atom. The predicted molar refractivity (Wildman–Crippen MR) is 98.9 cm³/mol. The number of rotatable bonds is 7. The highest BCUT2D eigenvalue weighted by Gasteiger charge is 2.38. The smallest absolute Gasteiger partial charge is 0.260 e. The normalized spacial score (nSPS) is 16.6. The van der Waals surface area contributed by atoms with E-state index in [-0.39, 0.29) is 17.3 Å². The number of aryl methyl sites for hydroxylation is 2. The van der Waals surface area contributed by atoms with Crippen molar-refractivity contribution in [3.8, 4) is 0 Å². The van der Waals surface area contributed by atoms with E-state index in [9.17, 15) is 18.0 Å². The molecule has 2 saturated carbocycles. The Labute approximate surface area is 162 Å². The van der Waals surface area contributed by atoms with Crippen LogP contribution < -0.4 is 0 Å². The summed E-state index contributed by atoms with van der Waals surface area (Å²) in [6.45, 7) is 2.38. The predicted octanol–water partition coefficient (Wildman–Crippen LogP) is 4.36. The van der Waals surface area contributed by atoms with Crippen LogP contribution in [0.3, 0.4) is 0 Å². The topological polar surface area (TPSA) is 38.1 Å². The van der Waals surface area contributed by atoms with Crippen molar-refractivity contribution >= 4 is 5.91 Å². The summed E-state index contributed by atoms with van der Waals surface area (Å²) in [4.78, 5) is 14.9. The molecule has 0 radical (unpaired) electrons. The van der Waals surface area contributed by atoms with Crippen molar-refractivity contribution in [3.05, 3.63) is 52.1 Å². The highest BCUT2D eigenvalue weighted by Crippen LogP contribution is 2.43. The third-order valence-corrected chi connectivity index (χ3v) is 5.52. The van der Waals surface area contributed by atoms with Gasteiger partial charge in [-0.1, -0.05) is 23.8 Å². The van der Waals surface area contributed by atoms with Gasteiger partial charge in [0.15, 0.2) is 0 Å². The standard InChI is InChI=1S/C21H24F3N3O/c1-12-3-8-16(13-4-5-13)14(9-12)11-27(15-6-7-15)21(28)19-17(10-18(22)23)25-26(2)20(19)24/h3,8-9,13,15,18H,4-7,10-11H2,1-2H3. The van der Waals surface area contributed by atoms with Crippen molar-refractivity contribution in [2.75, 3.05) is 0 Å². The molecule has 0 aliphatic heterocycles. The minimum absolute atomic E-state index is 0.0269. The highest BCUT2D eigenvalue weighted by atomic mass is 19.3.